The molecule has 166 valence electrons. The number of benzene rings is 2. The standard InChI is InChI=1S/C24H23FN2O5/c25-16-9-10-18-17(13-16)20(28)19(21(29)27(18)14-15-7-3-1-4-8-15)22(30)32-24(23(26)31)11-5-2-6-12-24/h1,3-4,7-10,13,28H,2,5-6,11-12,14H2,(H2,26,31). The van der Waals surface area contributed by atoms with Crippen LogP contribution in [0.3, 0.4) is 0 Å². The topological polar surface area (TPSA) is 112 Å². The maximum absolute atomic E-state index is 14.0. The maximum atomic E-state index is 14.0. The van der Waals surface area contributed by atoms with E-state index >= 15 is 0 Å². The number of primary amides is 1. The highest BCUT2D eigenvalue weighted by atomic mass is 19.1. The first kappa shape index (κ1) is 21.5. The molecular formula is C24H23FN2O5. The lowest BCUT2D eigenvalue weighted by atomic mass is 9.84. The monoisotopic (exact) mass is 438 g/mol. The Morgan fingerprint density at radius 1 is 1.09 bits per heavy atom. The van der Waals surface area contributed by atoms with Gasteiger partial charge in [-0.1, -0.05) is 36.8 Å². The number of ether oxygens (including phenoxy) is 1. The van der Waals surface area contributed by atoms with Crippen molar-refractivity contribution in [3.63, 3.8) is 0 Å². The number of fused-ring (bicyclic) bond motifs is 1. The summed E-state index contributed by atoms with van der Waals surface area (Å²) in [6.45, 7) is 0.0866. The van der Waals surface area contributed by atoms with Crippen LogP contribution in [-0.2, 0) is 16.1 Å². The summed E-state index contributed by atoms with van der Waals surface area (Å²) in [7, 11) is 0. The number of rotatable bonds is 5. The highest BCUT2D eigenvalue weighted by Crippen LogP contribution is 2.34. The molecule has 0 bridgehead atoms. The van der Waals surface area contributed by atoms with Crippen molar-refractivity contribution in [1.82, 2.24) is 4.57 Å². The Labute approximate surface area is 183 Å². The number of hydrogen-bond acceptors (Lipinski definition) is 5. The lowest BCUT2D eigenvalue weighted by Crippen LogP contribution is -2.49. The molecule has 3 N–H and O–H groups in total. The lowest BCUT2D eigenvalue weighted by molar-refractivity contribution is -0.140. The predicted octanol–water partition coefficient (Wildman–Crippen LogP) is 3.24. The van der Waals surface area contributed by atoms with Gasteiger partial charge in [-0.15, -0.1) is 0 Å². The minimum absolute atomic E-state index is 0.00995. The Hall–Kier alpha value is -3.68. The van der Waals surface area contributed by atoms with Gasteiger partial charge in [-0.2, -0.15) is 0 Å². The Bertz CT molecular complexity index is 1250. The van der Waals surface area contributed by atoms with Crippen LogP contribution < -0.4 is 11.3 Å². The third kappa shape index (κ3) is 3.84. The van der Waals surface area contributed by atoms with E-state index in [0.29, 0.717) is 12.8 Å². The number of aromatic nitrogens is 1. The normalized spacial score (nSPS) is 15.4. The molecule has 1 fully saturated rings. The van der Waals surface area contributed by atoms with Crippen LogP contribution in [0.2, 0.25) is 0 Å². The Kier molecular flexibility index (Phi) is 5.69. The average Bonchev–Trinajstić information content (AvgIpc) is 2.78. The highest BCUT2D eigenvalue weighted by Gasteiger charge is 2.43. The summed E-state index contributed by atoms with van der Waals surface area (Å²) in [5, 5.41) is 10.8. The molecule has 0 spiro atoms. The first-order valence-corrected chi connectivity index (χ1v) is 10.4. The molecule has 1 aromatic heterocycles. The second-order valence-electron chi connectivity index (χ2n) is 8.07. The molecule has 0 atom stereocenters. The van der Waals surface area contributed by atoms with Gasteiger partial charge in [0.25, 0.3) is 11.5 Å². The van der Waals surface area contributed by atoms with Crippen molar-refractivity contribution in [2.75, 3.05) is 0 Å². The van der Waals surface area contributed by atoms with Gasteiger partial charge in [0, 0.05) is 5.39 Å². The molecule has 4 rings (SSSR count). The largest absolute Gasteiger partial charge is 0.506 e. The molecule has 1 heterocycles. The molecule has 1 aliphatic rings. The molecule has 32 heavy (non-hydrogen) atoms. The molecule has 1 aliphatic carbocycles. The van der Waals surface area contributed by atoms with Crippen molar-refractivity contribution in [3.05, 3.63) is 75.8 Å². The number of amides is 1. The minimum atomic E-state index is -1.53. The van der Waals surface area contributed by atoms with E-state index in [-0.39, 0.29) is 30.3 Å². The smallest absolute Gasteiger partial charge is 0.348 e. The number of esters is 1. The molecule has 3 aromatic rings. The van der Waals surface area contributed by atoms with E-state index < -0.39 is 40.2 Å². The molecule has 0 aliphatic heterocycles. The number of carbonyl (C=O) groups excluding carboxylic acids is 2. The van der Waals surface area contributed by atoms with Crippen LogP contribution in [0.4, 0.5) is 4.39 Å². The number of nitrogens with two attached hydrogens (primary N) is 1. The zero-order valence-corrected chi connectivity index (χ0v) is 17.3. The van der Waals surface area contributed by atoms with Gasteiger partial charge >= 0.3 is 5.97 Å². The van der Waals surface area contributed by atoms with Crippen LogP contribution in [0, 0.1) is 5.82 Å². The molecule has 1 amide bonds. The zero-order valence-electron chi connectivity index (χ0n) is 17.3. The van der Waals surface area contributed by atoms with Gasteiger partial charge in [-0.05, 0) is 49.4 Å². The third-order valence-electron chi connectivity index (χ3n) is 5.99. The van der Waals surface area contributed by atoms with Crippen molar-refractivity contribution in [2.45, 2.75) is 44.2 Å². The molecule has 8 heteroatoms. The number of hydrogen-bond donors (Lipinski definition) is 2. The summed E-state index contributed by atoms with van der Waals surface area (Å²) in [4.78, 5) is 38.6. The molecular weight excluding hydrogens is 415 g/mol. The maximum Gasteiger partial charge on any atom is 0.348 e. The van der Waals surface area contributed by atoms with Crippen molar-refractivity contribution < 1.29 is 23.8 Å². The molecule has 7 nitrogen and oxygen atoms in total. The zero-order chi connectivity index (χ0) is 22.9. The SMILES string of the molecule is NC(=O)C1(OC(=O)c2c(O)c3cc(F)ccc3n(Cc3ccccc3)c2=O)CCCCC1. The van der Waals surface area contributed by atoms with E-state index in [9.17, 15) is 23.9 Å². The second kappa shape index (κ2) is 8.45. The van der Waals surface area contributed by atoms with Gasteiger partial charge in [0.2, 0.25) is 0 Å². The van der Waals surface area contributed by atoms with E-state index in [0.717, 1.165) is 18.1 Å². The number of pyridine rings is 1. The van der Waals surface area contributed by atoms with Gasteiger partial charge in [-0.25, -0.2) is 9.18 Å². The second-order valence-corrected chi connectivity index (χ2v) is 8.07. The highest BCUT2D eigenvalue weighted by molar-refractivity contribution is 6.01. The van der Waals surface area contributed by atoms with Crippen LogP contribution in [0.15, 0.2) is 53.3 Å². The number of carbonyl (C=O) groups is 2. The van der Waals surface area contributed by atoms with Gasteiger partial charge < -0.3 is 20.1 Å². The summed E-state index contributed by atoms with van der Waals surface area (Å²) in [5.74, 6) is -3.27. The van der Waals surface area contributed by atoms with Gasteiger partial charge in [0.05, 0.1) is 12.1 Å². The molecule has 0 radical (unpaired) electrons. The average molecular weight is 438 g/mol. The predicted molar refractivity (Wildman–Crippen MR) is 116 cm³/mol. The fraction of sp³-hybridized carbons (Fsp3) is 0.292. The number of aromatic hydroxyl groups is 1. The first-order chi connectivity index (χ1) is 15.3. The summed E-state index contributed by atoms with van der Waals surface area (Å²) >= 11 is 0. The lowest BCUT2D eigenvalue weighted by Gasteiger charge is -2.33. The first-order valence-electron chi connectivity index (χ1n) is 10.4. The Balaban J connectivity index is 1.86. The fourth-order valence-corrected chi connectivity index (χ4v) is 4.27. The van der Waals surface area contributed by atoms with E-state index in [2.05, 4.69) is 0 Å². The Morgan fingerprint density at radius 2 is 1.78 bits per heavy atom. The summed E-state index contributed by atoms with van der Waals surface area (Å²) in [5.41, 5.74) is 3.59. The van der Waals surface area contributed by atoms with Crippen molar-refractivity contribution in [2.24, 2.45) is 5.73 Å². The van der Waals surface area contributed by atoms with Crippen LogP contribution in [0.1, 0.15) is 48.0 Å². The van der Waals surface area contributed by atoms with E-state index in [1.807, 2.05) is 6.07 Å². The minimum Gasteiger partial charge on any atom is -0.506 e. The van der Waals surface area contributed by atoms with Crippen LogP contribution in [0.5, 0.6) is 5.75 Å². The third-order valence-corrected chi connectivity index (χ3v) is 5.99. The van der Waals surface area contributed by atoms with Crippen LogP contribution >= 0.6 is 0 Å². The molecule has 1 saturated carbocycles. The van der Waals surface area contributed by atoms with E-state index in [1.54, 1.807) is 24.3 Å². The summed E-state index contributed by atoms with van der Waals surface area (Å²) in [6.07, 6.45) is 2.65. The van der Waals surface area contributed by atoms with Crippen molar-refractivity contribution >= 4 is 22.8 Å². The van der Waals surface area contributed by atoms with Crippen molar-refractivity contribution in [1.29, 1.82) is 0 Å². The van der Waals surface area contributed by atoms with Crippen LogP contribution in [0.25, 0.3) is 10.9 Å². The van der Waals surface area contributed by atoms with Crippen LogP contribution in [-0.4, -0.2) is 27.2 Å². The molecule has 0 unspecified atom stereocenters. The number of halogens is 1. The number of nitrogens with zero attached hydrogens (tertiary/aromatic N) is 1. The molecule has 0 saturated heterocycles. The molecule has 2 aromatic carbocycles. The summed E-state index contributed by atoms with van der Waals surface area (Å²) < 4.78 is 20.7. The fourth-order valence-electron chi connectivity index (χ4n) is 4.27. The van der Waals surface area contributed by atoms with Gasteiger partial charge in [0.1, 0.15) is 11.6 Å². The van der Waals surface area contributed by atoms with E-state index in [4.69, 9.17) is 10.5 Å². The van der Waals surface area contributed by atoms with Gasteiger partial charge in [0.15, 0.2) is 11.2 Å². The summed E-state index contributed by atoms with van der Waals surface area (Å²) in [6, 6.07) is 12.6. The van der Waals surface area contributed by atoms with Gasteiger partial charge in [-0.3, -0.25) is 9.59 Å². The van der Waals surface area contributed by atoms with Crippen molar-refractivity contribution in [3.8, 4) is 5.75 Å². The van der Waals surface area contributed by atoms with E-state index in [1.165, 1.54) is 16.7 Å². The quantitative estimate of drug-likeness (QED) is 0.594. The Morgan fingerprint density at radius 3 is 2.44 bits per heavy atom.